The summed E-state index contributed by atoms with van der Waals surface area (Å²) < 4.78 is 6.78. The van der Waals surface area contributed by atoms with Gasteiger partial charge >= 0.3 is 0 Å². The van der Waals surface area contributed by atoms with Crippen LogP contribution in [0, 0.1) is 0 Å². The minimum absolute atomic E-state index is 0.167. The summed E-state index contributed by atoms with van der Waals surface area (Å²) in [6.07, 6.45) is -0.350. The second kappa shape index (κ2) is 10.6. The number of halogens is 3. The first-order valence-corrected chi connectivity index (χ1v) is 10.9. The normalized spacial score (nSPS) is 11.6. The van der Waals surface area contributed by atoms with Crippen LogP contribution in [0.3, 0.4) is 0 Å². The number of nitrogens with one attached hydrogen (secondary N) is 1. The number of ketones is 1. The molecule has 1 N–H and O–H groups in total. The summed E-state index contributed by atoms with van der Waals surface area (Å²) in [4.78, 5) is 25.1. The third-order valence-corrected chi connectivity index (χ3v) is 5.29. The molecule has 3 rings (SSSR count). The van der Waals surface area contributed by atoms with E-state index < -0.39 is 6.10 Å². The molecule has 7 heteroatoms. The van der Waals surface area contributed by atoms with Gasteiger partial charge in [-0.05, 0) is 72.8 Å². The van der Waals surface area contributed by atoms with E-state index in [1.54, 1.807) is 72.8 Å². The topological polar surface area (TPSA) is 55.4 Å². The lowest BCUT2D eigenvalue weighted by molar-refractivity contribution is 0.0788. The van der Waals surface area contributed by atoms with E-state index >= 15 is 0 Å². The average Bonchev–Trinajstić information content (AvgIpc) is 2.75. The Balaban J connectivity index is 1.66. The van der Waals surface area contributed by atoms with Crippen molar-refractivity contribution < 1.29 is 14.3 Å². The molecule has 154 valence electrons. The zero-order valence-electron chi connectivity index (χ0n) is 15.8. The lowest BCUT2D eigenvalue weighted by Crippen LogP contribution is -2.28. The average molecular weight is 507 g/mol. The Morgan fingerprint density at radius 3 is 2.10 bits per heavy atom. The molecule has 0 bridgehead atoms. The summed E-state index contributed by atoms with van der Waals surface area (Å²) in [6.45, 7) is 0. The molecule has 3 aromatic rings. The Bertz CT molecular complexity index is 1010. The van der Waals surface area contributed by atoms with Gasteiger partial charge in [0.1, 0.15) is 5.75 Å². The third-order valence-electron chi connectivity index (χ3n) is 4.29. The Kier molecular flexibility index (Phi) is 7.91. The zero-order chi connectivity index (χ0) is 21.5. The van der Waals surface area contributed by atoms with Crippen molar-refractivity contribution in [2.75, 3.05) is 11.2 Å². The number of hydrogen-bond acceptors (Lipinski definition) is 3. The smallest absolute Gasteiger partial charge is 0.255 e. The van der Waals surface area contributed by atoms with E-state index in [1.807, 2.05) is 0 Å². The maximum atomic E-state index is 12.8. The van der Waals surface area contributed by atoms with Crippen LogP contribution in [0.15, 0.2) is 77.3 Å². The van der Waals surface area contributed by atoms with Crippen LogP contribution in [0.2, 0.25) is 5.02 Å². The first-order chi connectivity index (χ1) is 14.5. The first kappa shape index (κ1) is 22.3. The molecule has 1 amide bonds. The van der Waals surface area contributed by atoms with Crippen LogP contribution in [0.4, 0.5) is 5.69 Å². The number of hydrogen-bond donors (Lipinski definition) is 1. The highest BCUT2D eigenvalue weighted by atomic mass is 79.9. The van der Waals surface area contributed by atoms with E-state index in [4.69, 9.17) is 27.9 Å². The minimum Gasteiger partial charge on any atom is -0.482 e. The number of benzene rings is 3. The molecule has 0 saturated carbocycles. The molecule has 0 aliphatic rings. The van der Waals surface area contributed by atoms with Gasteiger partial charge in [-0.2, -0.15) is 0 Å². The molecule has 0 spiro atoms. The van der Waals surface area contributed by atoms with Gasteiger partial charge in [-0.25, -0.2) is 0 Å². The molecular formula is C23H18BrCl2NO3. The quantitative estimate of drug-likeness (QED) is 0.276. The Morgan fingerprint density at radius 1 is 0.900 bits per heavy atom. The summed E-state index contributed by atoms with van der Waals surface area (Å²) in [5, 5.41) is 3.38. The first-order valence-electron chi connectivity index (χ1n) is 9.15. The van der Waals surface area contributed by atoms with Crippen molar-refractivity contribution in [3.05, 3.63) is 93.4 Å². The minimum atomic E-state index is -0.716. The fourth-order valence-electron chi connectivity index (χ4n) is 2.73. The number of ether oxygens (including phenoxy) is 1. The fraction of sp³-hybridized carbons (Fsp3) is 0.130. The summed E-state index contributed by atoms with van der Waals surface area (Å²) in [5.74, 6) is 0.411. The highest BCUT2D eigenvalue weighted by molar-refractivity contribution is 9.10. The number of carbonyl (C=O) groups is 2. The molecule has 0 saturated heterocycles. The van der Waals surface area contributed by atoms with Gasteiger partial charge < -0.3 is 10.1 Å². The number of alkyl halides is 1. The maximum absolute atomic E-state index is 12.8. The number of amides is 1. The van der Waals surface area contributed by atoms with Gasteiger partial charge in [-0.15, -0.1) is 11.6 Å². The van der Waals surface area contributed by atoms with Crippen molar-refractivity contribution in [1.82, 2.24) is 0 Å². The van der Waals surface area contributed by atoms with Crippen molar-refractivity contribution in [3.63, 3.8) is 0 Å². The maximum Gasteiger partial charge on any atom is 0.255 e. The summed E-state index contributed by atoms with van der Waals surface area (Å²) in [5.41, 5.74) is 1.68. The highest BCUT2D eigenvalue weighted by Crippen LogP contribution is 2.21. The predicted octanol–water partition coefficient (Wildman–Crippen LogP) is 6.61. The van der Waals surface area contributed by atoms with Gasteiger partial charge in [0, 0.05) is 38.6 Å². The molecule has 0 aromatic heterocycles. The van der Waals surface area contributed by atoms with Crippen LogP contribution in [-0.4, -0.2) is 23.7 Å². The lowest BCUT2D eigenvalue weighted by Gasteiger charge is -2.17. The van der Waals surface area contributed by atoms with Crippen LogP contribution in [0.25, 0.3) is 0 Å². The summed E-state index contributed by atoms with van der Waals surface area (Å²) in [6, 6.07) is 20.6. The van der Waals surface area contributed by atoms with E-state index in [0.717, 1.165) is 4.47 Å². The van der Waals surface area contributed by atoms with Crippen molar-refractivity contribution in [2.24, 2.45) is 0 Å². The van der Waals surface area contributed by atoms with Crippen molar-refractivity contribution in [1.29, 1.82) is 0 Å². The second-order valence-electron chi connectivity index (χ2n) is 6.44. The van der Waals surface area contributed by atoms with Gasteiger partial charge in [0.05, 0.1) is 0 Å². The SMILES string of the molecule is O=C(Nc1ccc(OC(CCCl)C(=O)c2ccc(Cl)cc2)cc1)c1ccc(Br)cc1. The van der Waals surface area contributed by atoms with Gasteiger partial charge in [0.15, 0.2) is 6.10 Å². The molecule has 3 aromatic carbocycles. The Labute approximate surface area is 193 Å². The van der Waals surface area contributed by atoms with Gasteiger partial charge in [0.2, 0.25) is 5.78 Å². The molecular weight excluding hydrogens is 489 g/mol. The van der Waals surface area contributed by atoms with Crippen LogP contribution < -0.4 is 10.1 Å². The number of anilines is 1. The molecule has 0 heterocycles. The molecule has 0 aliphatic carbocycles. The summed E-state index contributed by atoms with van der Waals surface area (Å²) in [7, 11) is 0. The van der Waals surface area contributed by atoms with E-state index in [0.29, 0.717) is 34.0 Å². The second-order valence-corrected chi connectivity index (χ2v) is 8.17. The van der Waals surface area contributed by atoms with Crippen LogP contribution >= 0.6 is 39.1 Å². The van der Waals surface area contributed by atoms with E-state index in [1.165, 1.54) is 0 Å². The number of carbonyl (C=O) groups excluding carboxylic acids is 2. The monoisotopic (exact) mass is 505 g/mol. The Morgan fingerprint density at radius 2 is 1.50 bits per heavy atom. The molecule has 0 aliphatic heterocycles. The summed E-state index contributed by atoms with van der Waals surface area (Å²) >= 11 is 15.1. The van der Waals surface area contributed by atoms with Crippen LogP contribution in [-0.2, 0) is 0 Å². The highest BCUT2D eigenvalue weighted by Gasteiger charge is 2.21. The molecule has 0 fully saturated rings. The number of rotatable bonds is 8. The predicted molar refractivity (Wildman–Crippen MR) is 124 cm³/mol. The molecule has 0 radical (unpaired) electrons. The van der Waals surface area contributed by atoms with Crippen molar-refractivity contribution in [2.45, 2.75) is 12.5 Å². The van der Waals surface area contributed by atoms with Gasteiger partial charge in [-0.1, -0.05) is 27.5 Å². The third kappa shape index (κ3) is 6.08. The standard InChI is InChI=1S/C23H18BrCl2NO3/c24-17-5-1-16(2-6-17)23(29)27-19-9-11-20(12-10-19)30-21(13-14-25)22(28)15-3-7-18(26)8-4-15/h1-12,21H,13-14H2,(H,27,29). The van der Waals surface area contributed by atoms with Crippen LogP contribution in [0.5, 0.6) is 5.75 Å². The van der Waals surface area contributed by atoms with Crippen LogP contribution in [0.1, 0.15) is 27.1 Å². The van der Waals surface area contributed by atoms with E-state index in [2.05, 4.69) is 21.2 Å². The zero-order valence-corrected chi connectivity index (χ0v) is 18.9. The largest absolute Gasteiger partial charge is 0.482 e. The van der Waals surface area contributed by atoms with Gasteiger partial charge in [0.25, 0.3) is 5.91 Å². The van der Waals surface area contributed by atoms with E-state index in [9.17, 15) is 9.59 Å². The molecule has 4 nitrogen and oxygen atoms in total. The number of Topliss-reactive ketones (excluding diaryl/α,β-unsaturated/α-hetero) is 1. The molecule has 1 unspecified atom stereocenters. The Hall–Kier alpha value is -2.34. The molecule has 1 atom stereocenters. The van der Waals surface area contributed by atoms with Crippen molar-refractivity contribution >= 4 is 56.5 Å². The lowest BCUT2D eigenvalue weighted by atomic mass is 10.0. The van der Waals surface area contributed by atoms with Crippen molar-refractivity contribution in [3.8, 4) is 5.75 Å². The molecule has 30 heavy (non-hydrogen) atoms. The fourth-order valence-corrected chi connectivity index (χ4v) is 3.32. The van der Waals surface area contributed by atoms with Gasteiger partial charge in [-0.3, -0.25) is 9.59 Å². The van der Waals surface area contributed by atoms with E-state index in [-0.39, 0.29) is 17.6 Å².